The summed E-state index contributed by atoms with van der Waals surface area (Å²) in [5.41, 5.74) is 0. The molecule has 0 saturated carbocycles. The summed E-state index contributed by atoms with van der Waals surface area (Å²) < 4.78 is 0.291. The lowest BCUT2D eigenvalue weighted by Crippen LogP contribution is -2.33. The lowest BCUT2D eigenvalue weighted by molar-refractivity contribution is -0.140. The highest BCUT2D eigenvalue weighted by molar-refractivity contribution is 8.26. The minimum atomic E-state index is -1.07. The Morgan fingerprint density at radius 2 is 2.33 bits per heavy atom. The molecule has 0 bridgehead atoms. The van der Waals surface area contributed by atoms with Gasteiger partial charge in [-0.15, -0.1) is 11.8 Å². The zero-order chi connectivity index (χ0) is 13.1. The predicted molar refractivity (Wildman–Crippen MR) is 76.2 cm³/mol. The van der Waals surface area contributed by atoms with Crippen LogP contribution in [0.15, 0.2) is 22.1 Å². The maximum atomic E-state index is 11.9. The number of carbonyl (C=O) groups excluding carboxylic acids is 1. The summed E-state index contributed by atoms with van der Waals surface area (Å²) in [6, 6.07) is 0. The molecular weight excluding hydrogens is 292 g/mol. The van der Waals surface area contributed by atoms with E-state index < -0.39 is 5.97 Å². The number of thiocarbonyl (C=S) groups is 1. The number of nitrogens with zero attached hydrogens (tertiary/aromatic N) is 1. The third kappa shape index (κ3) is 3.06. The molecule has 2 rings (SSSR count). The van der Waals surface area contributed by atoms with E-state index in [1.807, 2.05) is 6.08 Å². The molecular formula is C10H10N2O3S3. The molecule has 8 heteroatoms. The van der Waals surface area contributed by atoms with Gasteiger partial charge in [-0.25, -0.2) is 0 Å². The minimum Gasteiger partial charge on any atom is -0.480 e. The molecule has 0 atom stereocenters. The number of rotatable bonds is 3. The molecule has 2 N–H and O–H groups in total. The van der Waals surface area contributed by atoms with Crippen LogP contribution in [0.5, 0.6) is 0 Å². The highest BCUT2D eigenvalue weighted by Crippen LogP contribution is 2.31. The van der Waals surface area contributed by atoms with Crippen molar-refractivity contribution >= 4 is 51.9 Å². The van der Waals surface area contributed by atoms with Gasteiger partial charge in [0.15, 0.2) is 0 Å². The number of thioether (sulfide) groups is 2. The average molecular weight is 302 g/mol. The summed E-state index contributed by atoms with van der Waals surface area (Å²) in [6.07, 6.45) is 3.51. The van der Waals surface area contributed by atoms with Gasteiger partial charge in [-0.2, -0.15) is 0 Å². The van der Waals surface area contributed by atoms with Crippen molar-refractivity contribution in [2.75, 3.05) is 18.8 Å². The molecule has 1 amide bonds. The van der Waals surface area contributed by atoms with Crippen molar-refractivity contribution < 1.29 is 14.7 Å². The zero-order valence-corrected chi connectivity index (χ0v) is 11.7. The van der Waals surface area contributed by atoms with Crippen molar-refractivity contribution in [2.24, 2.45) is 0 Å². The summed E-state index contributed by atoms with van der Waals surface area (Å²) in [7, 11) is 0. The van der Waals surface area contributed by atoms with Gasteiger partial charge in [0, 0.05) is 12.3 Å². The van der Waals surface area contributed by atoms with E-state index in [2.05, 4.69) is 5.32 Å². The topological polar surface area (TPSA) is 69.6 Å². The van der Waals surface area contributed by atoms with Crippen molar-refractivity contribution in [3.8, 4) is 0 Å². The highest BCUT2D eigenvalue weighted by Gasteiger charge is 2.32. The number of carboxylic acids is 1. The van der Waals surface area contributed by atoms with Crippen LogP contribution in [0.2, 0.25) is 0 Å². The largest absolute Gasteiger partial charge is 0.480 e. The van der Waals surface area contributed by atoms with Crippen LogP contribution in [0.1, 0.15) is 0 Å². The van der Waals surface area contributed by atoms with Crippen molar-refractivity contribution in [2.45, 2.75) is 0 Å². The van der Waals surface area contributed by atoms with E-state index in [4.69, 9.17) is 17.3 Å². The third-order valence-corrected chi connectivity index (χ3v) is 4.61. The molecule has 0 aromatic heterocycles. The van der Waals surface area contributed by atoms with Gasteiger partial charge in [-0.3, -0.25) is 14.5 Å². The molecule has 2 aliphatic rings. The monoisotopic (exact) mass is 302 g/mol. The number of nitrogens with one attached hydrogen (secondary N) is 1. The first-order chi connectivity index (χ1) is 8.58. The van der Waals surface area contributed by atoms with Gasteiger partial charge in [0.05, 0.1) is 9.93 Å². The van der Waals surface area contributed by atoms with Crippen LogP contribution in [0.25, 0.3) is 0 Å². The average Bonchev–Trinajstić information content (AvgIpc) is 2.90. The van der Waals surface area contributed by atoms with Gasteiger partial charge < -0.3 is 10.4 Å². The number of carbonyl (C=O) groups is 2. The van der Waals surface area contributed by atoms with E-state index in [9.17, 15) is 9.59 Å². The number of allylic oxidation sites excluding steroid dienone is 2. The second-order valence-corrected chi connectivity index (χ2v) is 6.30. The Morgan fingerprint density at radius 3 is 2.94 bits per heavy atom. The molecule has 0 aromatic rings. The Hall–Kier alpha value is -0.990. The van der Waals surface area contributed by atoms with Crippen LogP contribution in [-0.4, -0.2) is 45.0 Å². The van der Waals surface area contributed by atoms with Gasteiger partial charge in [0.1, 0.15) is 10.9 Å². The van der Waals surface area contributed by atoms with Crippen molar-refractivity contribution in [1.29, 1.82) is 0 Å². The first kappa shape index (κ1) is 13.4. The molecule has 2 saturated heterocycles. The lowest BCUT2D eigenvalue weighted by Gasteiger charge is -2.09. The SMILES string of the molecule is O=C(O)CN1C(=O)C(=CC=C2NCCS2)SC1=S. The fourth-order valence-corrected chi connectivity index (χ4v) is 3.42. The third-order valence-electron chi connectivity index (χ3n) is 2.21. The molecule has 0 aromatic carbocycles. The molecule has 2 fully saturated rings. The fraction of sp³-hybridized carbons (Fsp3) is 0.300. The van der Waals surface area contributed by atoms with Crippen LogP contribution in [0.3, 0.4) is 0 Å². The Labute approximate surface area is 118 Å². The quantitative estimate of drug-likeness (QED) is 0.595. The van der Waals surface area contributed by atoms with Gasteiger partial charge in [-0.1, -0.05) is 24.0 Å². The smallest absolute Gasteiger partial charge is 0.323 e. The van der Waals surface area contributed by atoms with Crippen molar-refractivity contribution in [3.63, 3.8) is 0 Å². The van der Waals surface area contributed by atoms with Gasteiger partial charge in [-0.05, 0) is 12.2 Å². The van der Waals surface area contributed by atoms with Gasteiger partial charge in [0.2, 0.25) is 0 Å². The predicted octanol–water partition coefficient (Wildman–Crippen LogP) is 0.993. The number of hydrogen-bond acceptors (Lipinski definition) is 6. The Bertz CT molecular complexity index is 465. The molecule has 18 heavy (non-hydrogen) atoms. The summed E-state index contributed by atoms with van der Waals surface area (Å²) in [4.78, 5) is 24.1. The number of aliphatic carboxylic acids is 1. The fourth-order valence-electron chi connectivity index (χ4n) is 1.43. The first-order valence-corrected chi connectivity index (χ1v) is 7.33. The number of carboxylic acid groups (broad SMARTS) is 1. The summed E-state index contributed by atoms with van der Waals surface area (Å²) in [6.45, 7) is 0.538. The van der Waals surface area contributed by atoms with Crippen LogP contribution in [-0.2, 0) is 9.59 Å². The second-order valence-electron chi connectivity index (χ2n) is 3.49. The number of amides is 1. The van der Waals surface area contributed by atoms with E-state index in [-0.39, 0.29) is 12.5 Å². The maximum absolute atomic E-state index is 11.9. The molecule has 96 valence electrons. The molecule has 2 heterocycles. The molecule has 0 radical (unpaired) electrons. The summed E-state index contributed by atoms with van der Waals surface area (Å²) in [5.74, 6) is -0.397. The lowest BCUT2D eigenvalue weighted by atomic mass is 10.4. The van der Waals surface area contributed by atoms with E-state index in [0.717, 1.165) is 34.0 Å². The number of hydrogen-bond donors (Lipinski definition) is 2. The molecule has 2 aliphatic heterocycles. The normalized spacial score (nSPS) is 24.1. The van der Waals surface area contributed by atoms with E-state index in [0.29, 0.717) is 9.23 Å². The van der Waals surface area contributed by atoms with E-state index >= 15 is 0 Å². The van der Waals surface area contributed by atoms with Crippen LogP contribution >= 0.6 is 35.7 Å². The Morgan fingerprint density at radius 1 is 1.56 bits per heavy atom. The van der Waals surface area contributed by atoms with Crippen LogP contribution in [0.4, 0.5) is 0 Å². The van der Waals surface area contributed by atoms with Gasteiger partial charge in [0.25, 0.3) is 5.91 Å². The first-order valence-electron chi connectivity index (χ1n) is 5.12. The molecule has 0 unspecified atom stereocenters. The zero-order valence-electron chi connectivity index (χ0n) is 9.21. The van der Waals surface area contributed by atoms with Crippen molar-refractivity contribution in [3.05, 3.63) is 22.1 Å². The summed E-state index contributed by atoms with van der Waals surface area (Å²) >= 11 is 7.80. The minimum absolute atomic E-state index is 0.291. The highest BCUT2D eigenvalue weighted by atomic mass is 32.2. The molecule has 0 spiro atoms. The van der Waals surface area contributed by atoms with Gasteiger partial charge >= 0.3 is 5.97 Å². The maximum Gasteiger partial charge on any atom is 0.323 e. The molecule has 5 nitrogen and oxygen atoms in total. The standard InChI is InChI=1S/C10H10N2O3S3/c13-8(14)5-12-9(15)6(18-10(12)16)1-2-7-11-3-4-17-7/h1-2,11H,3-5H2,(H,13,14). The van der Waals surface area contributed by atoms with E-state index in [1.165, 1.54) is 0 Å². The second kappa shape index (κ2) is 5.77. The van der Waals surface area contributed by atoms with Crippen LogP contribution in [0, 0.1) is 0 Å². The molecule has 0 aliphatic carbocycles. The summed E-state index contributed by atoms with van der Waals surface area (Å²) in [5, 5.41) is 12.9. The van der Waals surface area contributed by atoms with Crippen molar-refractivity contribution in [1.82, 2.24) is 10.2 Å². The Balaban J connectivity index is 2.09. The Kier molecular flexibility index (Phi) is 4.31. The van der Waals surface area contributed by atoms with Crippen LogP contribution < -0.4 is 5.32 Å². The van der Waals surface area contributed by atoms with E-state index in [1.54, 1.807) is 17.8 Å².